The summed E-state index contributed by atoms with van der Waals surface area (Å²) in [6.45, 7) is 0. The Balaban J connectivity index is 0.952. The summed E-state index contributed by atoms with van der Waals surface area (Å²) in [7, 11) is 0. The minimum atomic E-state index is -0.368. The van der Waals surface area contributed by atoms with Crippen molar-refractivity contribution in [2.45, 2.75) is 0 Å². The zero-order valence-electron chi connectivity index (χ0n) is 39.9. The number of fused-ring (bicyclic) bond motifs is 17. The van der Waals surface area contributed by atoms with Gasteiger partial charge in [0.25, 0.3) is 0 Å². The summed E-state index contributed by atoms with van der Waals surface area (Å²) in [6, 6.07) is 78.7. The van der Waals surface area contributed by atoms with Gasteiger partial charge in [-0.2, -0.15) is 0 Å². The average molecular weight is 963 g/mol. The van der Waals surface area contributed by atoms with E-state index in [1.54, 1.807) is 0 Å². The molecule has 350 valence electrons. The molecule has 0 saturated carbocycles. The summed E-state index contributed by atoms with van der Waals surface area (Å²) < 4.78 is 24.1. The lowest BCUT2D eigenvalue weighted by Gasteiger charge is -2.13. The van der Waals surface area contributed by atoms with Crippen molar-refractivity contribution in [3.05, 3.63) is 251 Å². The lowest BCUT2D eigenvalue weighted by Crippen LogP contribution is -2.02. The maximum Gasteiger partial charge on any atom is 0.344 e. The van der Waals surface area contributed by atoms with Crippen molar-refractivity contribution in [2.75, 3.05) is 0 Å². The topological polar surface area (TPSA) is 83.4 Å². The van der Waals surface area contributed by atoms with Crippen LogP contribution in [0.1, 0.15) is 0 Å². The Morgan fingerprint density at radius 2 is 0.840 bits per heavy atom. The van der Waals surface area contributed by atoms with Crippen molar-refractivity contribution in [3.8, 4) is 44.8 Å². The number of para-hydroxylation sites is 2. The van der Waals surface area contributed by atoms with Gasteiger partial charge in [0.2, 0.25) is 0 Å². The molecular weight excluding hydrogens is 925 g/mol. The largest absolute Gasteiger partial charge is 0.455 e. The van der Waals surface area contributed by atoms with E-state index in [9.17, 15) is 9.59 Å². The fraction of sp³-hybridized carbons (Fsp3) is 0. The molecule has 0 unspecified atom stereocenters. The quantitative estimate of drug-likeness (QED) is 0.127. The molecule has 0 amide bonds. The van der Waals surface area contributed by atoms with E-state index in [1.807, 2.05) is 78.9 Å². The van der Waals surface area contributed by atoms with E-state index < -0.39 is 0 Å². The van der Waals surface area contributed by atoms with Crippen LogP contribution < -0.4 is 11.3 Å². The molecule has 7 heteroatoms. The maximum atomic E-state index is 13.8. The van der Waals surface area contributed by atoms with Crippen molar-refractivity contribution in [1.82, 2.24) is 9.13 Å². The van der Waals surface area contributed by atoms with E-state index in [0.29, 0.717) is 21.9 Å². The normalized spacial score (nSPS) is 12.1. The molecule has 0 bridgehead atoms. The first-order valence-electron chi connectivity index (χ1n) is 25.1. The third-order valence-corrected chi connectivity index (χ3v) is 15.4. The highest BCUT2D eigenvalue weighted by Gasteiger charge is 2.26. The number of nitrogens with zero attached hydrogens (tertiary/aromatic N) is 2. The van der Waals surface area contributed by atoms with Gasteiger partial charge in [-0.1, -0.05) is 158 Å². The first-order chi connectivity index (χ1) is 37.1. The fourth-order valence-electron chi connectivity index (χ4n) is 12.2. The van der Waals surface area contributed by atoms with Crippen LogP contribution in [0.15, 0.2) is 253 Å². The lowest BCUT2D eigenvalue weighted by molar-refractivity contribution is 0.570. The van der Waals surface area contributed by atoms with Crippen molar-refractivity contribution in [2.24, 2.45) is 0 Å². The summed E-state index contributed by atoms with van der Waals surface area (Å²) in [6.07, 6.45) is 0. The SMILES string of the molecule is O=c1oc2c(-c3ccccc3)cc3c4ccccc4n(-c4ccc5oc6c(-c7cccc8c7c7ccc9oc(=O)c%10ccccc%10c9c7n8-c7ccc(-c8ccccc8)cc7)cccc6c5c4)c3c2c2ccccc12. The average Bonchev–Trinajstić information content (AvgIpc) is 4.22. The van der Waals surface area contributed by atoms with Crippen LogP contribution in [0.5, 0.6) is 0 Å². The van der Waals surface area contributed by atoms with Crippen molar-refractivity contribution in [1.29, 1.82) is 0 Å². The molecule has 11 aromatic carbocycles. The summed E-state index contributed by atoms with van der Waals surface area (Å²) >= 11 is 0. The molecule has 16 rings (SSSR count). The predicted octanol–water partition coefficient (Wildman–Crippen LogP) is 17.3. The van der Waals surface area contributed by atoms with Gasteiger partial charge in [0.15, 0.2) is 0 Å². The van der Waals surface area contributed by atoms with Crippen LogP contribution in [-0.2, 0) is 0 Å². The molecule has 16 aromatic rings. The Morgan fingerprint density at radius 3 is 1.61 bits per heavy atom. The van der Waals surface area contributed by atoms with Crippen LogP contribution in [-0.4, -0.2) is 9.13 Å². The van der Waals surface area contributed by atoms with Crippen molar-refractivity contribution >= 4 is 109 Å². The van der Waals surface area contributed by atoms with Gasteiger partial charge in [-0.15, -0.1) is 0 Å². The smallest absolute Gasteiger partial charge is 0.344 e. The maximum absolute atomic E-state index is 13.8. The van der Waals surface area contributed by atoms with Gasteiger partial charge in [0, 0.05) is 65.6 Å². The Kier molecular flexibility index (Phi) is 8.62. The fourth-order valence-corrected chi connectivity index (χ4v) is 12.2. The van der Waals surface area contributed by atoms with E-state index in [2.05, 4.69) is 161 Å². The summed E-state index contributed by atoms with van der Waals surface area (Å²) in [4.78, 5) is 27.2. The molecule has 7 nitrogen and oxygen atoms in total. The number of aromatic nitrogens is 2. The molecule has 5 heterocycles. The number of furan rings is 1. The predicted molar refractivity (Wildman–Crippen MR) is 306 cm³/mol. The van der Waals surface area contributed by atoms with E-state index in [1.165, 1.54) is 0 Å². The zero-order chi connectivity index (χ0) is 49.5. The summed E-state index contributed by atoms with van der Waals surface area (Å²) in [5.74, 6) is 0. The molecule has 0 radical (unpaired) electrons. The second-order valence-corrected chi connectivity index (χ2v) is 19.4. The molecule has 0 aliphatic rings. The van der Waals surface area contributed by atoms with E-state index in [-0.39, 0.29) is 11.3 Å². The van der Waals surface area contributed by atoms with Gasteiger partial charge in [0.05, 0.1) is 43.6 Å². The van der Waals surface area contributed by atoms with Crippen LogP contribution in [0, 0.1) is 0 Å². The third-order valence-electron chi connectivity index (χ3n) is 15.4. The third kappa shape index (κ3) is 5.92. The molecule has 0 saturated heterocycles. The number of rotatable bonds is 5. The van der Waals surface area contributed by atoms with Gasteiger partial charge in [-0.25, -0.2) is 9.59 Å². The molecular formula is C68H38N2O5. The van der Waals surface area contributed by atoms with Crippen LogP contribution in [0.2, 0.25) is 0 Å². The zero-order valence-corrected chi connectivity index (χ0v) is 39.9. The van der Waals surface area contributed by atoms with Gasteiger partial charge in [-0.05, 0) is 95.1 Å². The molecule has 0 spiro atoms. The van der Waals surface area contributed by atoms with Crippen LogP contribution in [0.4, 0.5) is 0 Å². The second-order valence-electron chi connectivity index (χ2n) is 19.4. The van der Waals surface area contributed by atoms with Gasteiger partial charge in [0.1, 0.15) is 22.3 Å². The van der Waals surface area contributed by atoms with Crippen LogP contribution in [0.3, 0.4) is 0 Å². The Morgan fingerprint density at radius 1 is 0.280 bits per heavy atom. The van der Waals surface area contributed by atoms with E-state index in [0.717, 1.165) is 132 Å². The van der Waals surface area contributed by atoms with Gasteiger partial charge in [-0.3, -0.25) is 0 Å². The molecule has 5 aromatic heterocycles. The molecule has 0 atom stereocenters. The van der Waals surface area contributed by atoms with Crippen molar-refractivity contribution < 1.29 is 13.3 Å². The van der Waals surface area contributed by atoms with E-state index >= 15 is 0 Å². The van der Waals surface area contributed by atoms with Crippen LogP contribution >= 0.6 is 0 Å². The molecule has 0 N–H and O–H groups in total. The van der Waals surface area contributed by atoms with E-state index in [4.69, 9.17) is 13.3 Å². The molecule has 75 heavy (non-hydrogen) atoms. The highest BCUT2D eigenvalue weighted by Crippen LogP contribution is 2.47. The highest BCUT2D eigenvalue weighted by atomic mass is 16.4. The number of benzene rings is 11. The molecule has 0 aliphatic heterocycles. The highest BCUT2D eigenvalue weighted by molar-refractivity contribution is 6.29. The minimum absolute atomic E-state index is 0.363. The van der Waals surface area contributed by atoms with Gasteiger partial charge < -0.3 is 22.4 Å². The first kappa shape index (κ1) is 41.4. The standard InChI is InChI=1S/C68H38N2O5/c71-67-50-22-9-7-20-46(50)61-59(74-67)36-34-52-60-45(24-14-28-57(60)69(63(52)61)42-31-29-40(30-32-42)39-15-3-1-4-16-39)48-25-13-26-49-54-37-43(33-35-58(54)73-65(48)49)70-56-27-12-11-19-44(56)55-38-53(41-17-5-2-6-18-41)66-62(64(55)70)47-21-8-10-23-51(47)68(72)75-66/h1-38H. The molecule has 0 fully saturated rings. The molecule has 0 aliphatic carbocycles. The Hall–Kier alpha value is -10.2. The summed E-state index contributed by atoms with van der Waals surface area (Å²) in [5, 5.41) is 10.6. The van der Waals surface area contributed by atoms with Gasteiger partial charge >= 0.3 is 11.3 Å². The van der Waals surface area contributed by atoms with Crippen LogP contribution in [0.25, 0.3) is 154 Å². The summed E-state index contributed by atoms with van der Waals surface area (Å²) in [5.41, 5.74) is 13.8. The lowest BCUT2D eigenvalue weighted by atomic mass is 9.96. The Labute approximate surface area is 425 Å². The van der Waals surface area contributed by atoms with Crippen molar-refractivity contribution in [3.63, 3.8) is 0 Å². The second kappa shape index (κ2) is 15.6. The Bertz CT molecular complexity index is 5210. The first-order valence-corrected chi connectivity index (χ1v) is 25.1. The number of hydrogen-bond donors (Lipinski definition) is 0. The minimum Gasteiger partial charge on any atom is -0.455 e. The monoisotopic (exact) mass is 962 g/mol. The number of hydrogen-bond acceptors (Lipinski definition) is 5.